The maximum absolute atomic E-state index is 13.4. The van der Waals surface area contributed by atoms with Gasteiger partial charge in [0.25, 0.3) is 5.91 Å². The molecule has 0 aromatic heterocycles. The van der Waals surface area contributed by atoms with Crippen LogP contribution < -0.4 is 4.74 Å². The van der Waals surface area contributed by atoms with Gasteiger partial charge in [-0.25, -0.2) is 0 Å². The molecule has 4 rings (SSSR count). The monoisotopic (exact) mass is 505 g/mol. The average molecular weight is 506 g/mol. The van der Waals surface area contributed by atoms with Gasteiger partial charge in [0.2, 0.25) is 0 Å². The smallest absolute Gasteiger partial charge is 0.305 e. The largest absolute Gasteiger partial charge is 0.487 e. The van der Waals surface area contributed by atoms with E-state index in [0.717, 1.165) is 23.3 Å². The third-order valence-corrected chi connectivity index (χ3v) is 6.87. The fraction of sp³-hybridized carbons (Fsp3) is 0.333. The molecule has 5 nitrogen and oxygen atoms in total. The van der Waals surface area contributed by atoms with Gasteiger partial charge in [-0.3, -0.25) is 9.59 Å². The lowest BCUT2D eigenvalue weighted by Crippen LogP contribution is -2.33. The van der Waals surface area contributed by atoms with Crippen LogP contribution in [0.4, 0.5) is 0 Å². The summed E-state index contributed by atoms with van der Waals surface area (Å²) in [5.41, 5.74) is 4.55. The second-order valence-electron chi connectivity index (χ2n) is 10.1. The van der Waals surface area contributed by atoms with Crippen molar-refractivity contribution in [2.24, 2.45) is 0 Å². The Hall–Kier alpha value is -3.31. The fourth-order valence-corrected chi connectivity index (χ4v) is 4.81. The second-order valence-corrected chi connectivity index (χ2v) is 10.6. The normalized spacial score (nSPS) is 16.5. The molecule has 0 radical (unpaired) electrons. The lowest BCUT2D eigenvalue weighted by atomic mass is 9.90. The molecule has 0 saturated heterocycles. The first-order valence-electron chi connectivity index (χ1n) is 12.3. The van der Waals surface area contributed by atoms with Gasteiger partial charge >= 0.3 is 5.97 Å². The van der Waals surface area contributed by atoms with E-state index in [0.29, 0.717) is 29.5 Å². The molecule has 0 spiro atoms. The highest BCUT2D eigenvalue weighted by Crippen LogP contribution is 2.38. The predicted octanol–water partition coefficient (Wildman–Crippen LogP) is 6.52. The maximum Gasteiger partial charge on any atom is 0.305 e. The van der Waals surface area contributed by atoms with E-state index in [1.54, 1.807) is 23.1 Å². The number of amides is 1. The Morgan fingerprint density at radius 1 is 1.03 bits per heavy atom. The highest BCUT2D eigenvalue weighted by atomic mass is 35.5. The number of benzene rings is 3. The van der Waals surface area contributed by atoms with Gasteiger partial charge in [-0.1, -0.05) is 61.8 Å². The third-order valence-electron chi connectivity index (χ3n) is 6.62. The number of halogens is 1. The Morgan fingerprint density at radius 2 is 1.69 bits per heavy atom. The van der Waals surface area contributed by atoms with Crippen LogP contribution in [0.3, 0.4) is 0 Å². The van der Waals surface area contributed by atoms with Crippen LogP contribution in [-0.2, 0) is 24.2 Å². The lowest BCUT2D eigenvalue weighted by Gasteiger charge is -2.24. The van der Waals surface area contributed by atoms with Crippen molar-refractivity contribution in [1.82, 2.24) is 4.90 Å². The van der Waals surface area contributed by atoms with Crippen LogP contribution in [0, 0.1) is 0 Å². The number of carboxylic acids is 1. The van der Waals surface area contributed by atoms with Crippen LogP contribution in [-0.4, -0.2) is 34.0 Å². The summed E-state index contributed by atoms with van der Waals surface area (Å²) in [6, 6.07) is 21.4. The Morgan fingerprint density at radius 3 is 2.33 bits per heavy atom. The standard InChI is InChI=1S/C30H32ClNO4/c1-20(2)23-8-4-21(5-9-23)17-30(3)18-25-16-24(10-13-27(25)36-30)29(35)32(15-14-28(33)34)19-22-6-11-26(31)12-7-22/h4-13,16,20H,14-15,17-19H2,1-3H3,(H,33,34)/t30-/m0/s1. The van der Waals surface area contributed by atoms with Crippen LogP contribution in [0.2, 0.25) is 5.02 Å². The molecule has 6 heteroatoms. The summed E-state index contributed by atoms with van der Waals surface area (Å²) < 4.78 is 6.34. The van der Waals surface area contributed by atoms with E-state index in [2.05, 4.69) is 45.0 Å². The number of ether oxygens (including phenoxy) is 1. The van der Waals surface area contributed by atoms with E-state index in [1.807, 2.05) is 24.3 Å². The number of fused-ring (bicyclic) bond motifs is 1. The molecule has 1 atom stereocenters. The van der Waals surface area contributed by atoms with Gasteiger partial charge in [-0.15, -0.1) is 0 Å². The fourth-order valence-electron chi connectivity index (χ4n) is 4.68. The molecule has 1 amide bonds. The van der Waals surface area contributed by atoms with Gasteiger partial charge in [-0.05, 0) is 65.4 Å². The van der Waals surface area contributed by atoms with Crippen molar-refractivity contribution in [3.8, 4) is 5.75 Å². The predicted molar refractivity (Wildman–Crippen MR) is 142 cm³/mol. The Kier molecular flexibility index (Phi) is 7.70. The van der Waals surface area contributed by atoms with Crippen molar-refractivity contribution in [3.05, 3.63) is 99.6 Å². The lowest BCUT2D eigenvalue weighted by molar-refractivity contribution is -0.137. The van der Waals surface area contributed by atoms with Crippen LogP contribution in [0.1, 0.15) is 65.7 Å². The maximum atomic E-state index is 13.4. The van der Waals surface area contributed by atoms with Crippen molar-refractivity contribution in [2.45, 2.75) is 58.1 Å². The highest BCUT2D eigenvalue weighted by Gasteiger charge is 2.35. The van der Waals surface area contributed by atoms with Gasteiger partial charge in [-0.2, -0.15) is 0 Å². The number of rotatable bonds is 9. The minimum Gasteiger partial charge on any atom is -0.487 e. The first-order valence-corrected chi connectivity index (χ1v) is 12.7. The number of nitrogens with zero attached hydrogens (tertiary/aromatic N) is 1. The molecule has 0 fully saturated rings. The summed E-state index contributed by atoms with van der Waals surface area (Å²) in [6.07, 6.45) is 1.34. The van der Waals surface area contributed by atoms with E-state index in [4.69, 9.17) is 16.3 Å². The summed E-state index contributed by atoms with van der Waals surface area (Å²) in [7, 11) is 0. The molecule has 36 heavy (non-hydrogen) atoms. The number of carbonyl (C=O) groups excluding carboxylic acids is 1. The van der Waals surface area contributed by atoms with Crippen LogP contribution in [0.25, 0.3) is 0 Å². The average Bonchev–Trinajstić information content (AvgIpc) is 3.17. The molecular formula is C30H32ClNO4. The van der Waals surface area contributed by atoms with Gasteiger partial charge in [0, 0.05) is 36.5 Å². The van der Waals surface area contributed by atoms with Crippen LogP contribution >= 0.6 is 11.6 Å². The number of hydrogen-bond acceptors (Lipinski definition) is 3. The van der Waals surface area contributed by atoms with Gasteiger partial charge < -0.3 is 14.7 Å². The van der Waals surface area contributed by atoms with Gasteiger partial charge in [0.05, 0.1) is 6.42 Å². The summed E-state index contributed by atoms with van der Waals surface area (Å²) in [5.74, 6) is 0.144. The van der Waals surface area contributed by atoms with E-state index in [-0.39, 0.29) is 18.9 Å². The molecular weight excluding hydrogens is 474 g/mol. The first kappa shape index (κ1) is 25.8. The van der Waals surface area contributed by atoms with Crippen molar-refractivity contribution >= 4 is 23.5 Å². The minimum absolute atomic E-state index is 0.120. The second kappa shape index (κ2) is 10.8. The zero-order chi connectivity index (χ0) is 25.9. The molecule has 3 aromatic carbocycles. The Balaban J connectivity index is 1.49. The van der Waals surface area contributed by atoms with Gasteiger partial charge in [0.15, 0.2) is 0 Å². The Bertz CT molecular complexity index is 1240. The molecule has 1 aliphatic heterocycles. The first-order chi connectivity index (χ1) is 17.1. The van der Waals surface area contributed by atoms with Crippen molar-refractivity contribution in [1.29, 1.82) is 0 Å². The molecule has 1 N–H and O–H groups in total. The summed E-state index contributed by atoms with van der Waals surface area (Å²) >= 11 is 5.99. The SMILES string of the molecule is CC(C)c1ccc(C[C@@]2(C)Cc3cc(C(=O)N(CCC(=O)O)Cc4ccc(Cl)cc4)ccc3O2)cc1. The molecule has 0 saturated carbocycles. The molecule has 3 aromatic rings. The minimum atomic E-state index is -0.941. The van der Waals surface area contributed by atoms with Crippen LogP contribution in [0.5, 0.6) is 5.75 Å². The third kappa shape index (κ3) is 6.27. The van der Waals surface area contributed by atoms with E-state index < -0.39 is 11.6 Å². The van der Waals surface area contributed by atoms with Crippen molar-refractivity contribution < 1.29 is 19.4 Å². The summed E-state index contributed by atoms with van der Waals surface area (Å²) in [5, 5.41) is 9.80. The summed E-state index contributed by atoms with van der Waals surface area (Å²) in [6.45, 7) is 6.90. The number of carboxylic acid groups (broad SMARTS) is 1. The van der Waals surface area contributed by atoms with Crippen molar-refractivity contribution in [3.63, 3.8) is 0 Å². The molecule has 0 bridgehead atoms. The Labute approximate surface area is 217 Å². The molecule has 0 aliphatic carbocycles. The number of hydrogen-bond donors (Lipinski definition) is 1. The highest BCUT2D eigenvalue weighted by molar-refractivity contribution is 6.30. The quantitative estimate of drug-likeness (QED) is 0.359. The molecule has 0 unspecified atom stereocenters. The van der Waals surface area contributed by atoms with E-state index in [9.17, 15) is 14.7 Å². The molecule has 1 aliphatic rings. The number of aliphatic carboxylic acids is 1. The molecule has 1 heterocycles. The van der Waals surface area contributed by atoms with E-state index >= 15 is 0 Å². The van der Waals surface area contributed by atoms with Crippen LogP contribution in [0.15, 0.2) is 66.7 Å². The van der Waals surface area contributed by atoms with E-state index in [1.165, 1.54) is 11.1 Å². The zero-order valence-electron chi connectivity index (χ0n) is 21.0. The molecule has 188 valence electrons. The zero-order valence-corrected chi connectivity index (χ0v) is 21.7. The number of carbonyl (C=O) groups is 2. The topological polar surface area (TPSA) is 66.8 Å². The summed E-state index contributed by atoms with van der Waals surface area (Å²) in [4.78, 5) is 26.2. The van der Waals surface area contributed by atoms with Gasteiger partial charge in [0.1, 0.15) is 11.4 Å². The van der Waals surface area contributed by atoms with Crippen molar-refractivity contribution in [2.75, 3.05) is 6.54 Å².